The number of hydrogen-bond donors (Lipinski definition) is 0. The van der Waals surface area contributed by atoms with Gasteiger partial charge in [0.2, 0.25) is 0 Å². The van der Waals surface area contributed by atoms with Crippen molar-refractivity contribution in [2.45, 2.75) is 32.2 Å². The first-order valence-electron chi connectivity index (χ1n) is 13.0. The van der Waals surface area contributed by atoms with Crippen LogP contribution in [-0.4, -0.2) is 54.2 Å². The molecule has 3 aromatic heterocycles. The fourth-order valence-corrected chi connectivity index (χ4v) is 6.59. The molecule has 9 heteroatoms. The van der Waals surface area contributed by atoms with Gasteiger partial charge in [-0.15, -0.1) is 0 Å². The number of aryl methyl sites for hydroxylation is 2. The standard InChI is InChI=1S/C30H34N4O4S/c1-7-33(8-2)18-21-13-14-31-30-23(21)15-27(34(30)39(35,36)22-11-9-20(3)10-12-22)25-19-32(4)26-17-29(38-6)28(37-5)16-24(25)26/h9-17,19H,7-8,18H2,1-6H3. The van der Waals surface area contributed by atoms with Crippen LogP contribution in [0.1, 0.15) is 25.0 Å². The SMILES string of the molecule is CCN(CC)Cc1ccnc2c1cc(-c1cn(C)c3cc(OC)c(OC)cc13)n2S(=O)(=O)c1ccc(C)cc1. The van der Waals surface area contributed by atoms with Crippen molar-refractivity contribution in [3.05, 3.63) is 72.1 Å². The molecule has 0 saturated carbocycles. The van der Waals surface area contributed by atoms with Crippen LogP contribution in [0.4, 0.5) is 0 Å². The Bertz CT molecular complexity index is 1760. The van der Waals surface area contributed by atoms with Crippen LogP contribution >= 0.6 is 0 Å². The molecule has 0 N–H and O–H groups in total. The van der Waals surface area contributed by atoms with Gasteiger partial charge in [0.05, 0.1) is 30.3 Å². The number of nitrogens with zero attached hydrogens (tertiary/aromatic N) is 4. The van der Waals surface area contributed by atoms with E-state index in [1.165, 1.54) is 3.97 Å². The van der Waals surface area contributed by atoms with Gasteiger partial charge in [-0.05, 0) is 55.9 Å². The van der Waals surface area contributed by atoms with Crippen LogP contribution in [-0.2, 0) is 23.6 Å². The Morgan fingerprint density at radius 3 is 2.23 bits per heavy atom. The number of hydrogen-bond acceptors (Lipinski definition) is 6. The summed E-state index contributed by atoms with van der Waals surface area (Å²) in [5.74, 6) is 1.18. The summed E-state index contributed by atoms with van der Waals surface area (Å²) in [6.45, 7) is 8.66. The van der Waals surface area contributed by atoms with E-state index in [9.17, 15) is 8.42 Å². The molecule has 0 radical (unpaired) electrons. The molecule has 0 bridgehead atoms. The third-order valence-electron chi connectivity index (χ3n) is 7.37. The minimum Gasteiger partial charge on any atom is -0.493 e. The molecule has 0 spiro atoms. The van der Waals surface area contributed by atoms with Gasteiger partial charge in [-0.1, -0.05) is 31.5 Å². The normalized spacial score (nSPS) is 12.1. The largest absolute Gasteiger partial charge is 0.493 e. The van der Waals surface area contributed by atoms with E-state index in [0.29, 0.717) is 29.4 Å². The molecule has 0 fully saturated rings. The smallest absolute Gasteiger partial charge is 0.269 e. The van der Waals surface area contributed by atoms with E-state index >= 15 is 0 Å². The zero-order chi connectivity index (χ0) is 27.9. The third-order valence-corrected chi connectivity index (χ3v) is 9.09. The minimum atomic E-state index is -3.99. The van der Waals surface area contributed by atoms with E-state index in [0.717, 1.165) is 46.1 Å². The molecule has 0 unspecified atom stereocenters. The monoisotopic (exact) mass is 546 g/mol. The Hall–Kier alpha value is -3.82. The van der Waals surface area contributed by atoms with Crippen LogP contribution in [0.15, 0.2) is 65.8 Å². The Labute approximate surface area is 229 Å². The molecule has 0 aliphatic carbocycles. The molecule has 0 aliphatic heterocycles. The van der Waals surface area contributed by atoms with Crippen molar-refractivity contribution in [3.8, 4) is 22.8 Å². The van der Waals surface area contributed by atoms with Gasteiger partial charge in [0.25, 0.3) is 10.0 Å². The van der Waals surface area contributed by atoms with E-state index in [-0.39, 0.29) is 4.90 Å². The second kappa shape index (κ2) is 10.4. The van der Waals surface area contributed by atoms with Crippen LogP contribution in [0.2, 0.25) is 0 Å². The molecule has 2 aromatic carbocycles. The highest BCUT2D eigenvalue weighted by molar-refractivity contribution is 7.90. The number of aromatic nitrogens is 3. The van der Waals surface area contributed by atoms with Crippen LogP contribution in [0.5, 0.6) is 11.5 Å². The number of methoxy groups -OCH3 is 2. The average molecular weight is 547 g/mol. The lowest BCUT2D eigenvalue weighted by Crippen LogP contribution is -2.22. The quantitative estimate of drug-likeness (QED) is 0.240. The van der Waals surface area contributed by atoms with Crippen molar-refractivity contribution in [1.82, 2.24) is 18.4 Å². The van der Waals surface area contributed by atoms with Crippen LogP contribution < -0.4 is 9.47 Å². The molecule has 204 valence electrons. The lowest BCUT2D eigenvalue weighted by molar-refractivity contribution is 0.297. The van der Waals surface area contributed by atoms with Crippen molar-refractivity contribution >= 4 is 32.0 Å². The second-order valence-electron chi connectivity index (χ2n) is 9.66. The zero-order valence-corrected chi connectivity index (χ0v) is 24.0. The van der Waals surface area contributed by atoms with E-state index < -0.39 is 10.0 Å². The van der Waals surface area contributed by atoms with Gasteiger partial charge in [0.1, 0.15) is 0 Å². The Balaban J connectivity index is 1.86. The average Bonchev–Trinajstić information content (AvgIpc) is 3.49. The molecule has 0 atom stereocenters. The molecule has 5 rings (SSSR count). The Morgan fingerprint density at radius 2 is 1.59 bits per heavy atom. The van der Waals surface area contributed by atoms with E-state index in [2.05, 4.69) is 23.7 Å². The van der Waals surface area contributed by atoms with Crippen molar-refractivity contribution < 1.29 is 17.9 Å². The van der Waals surface area contributed by atoms with Gasteiger partial charge in [0, 0.05) is 48.4 Å². The van der Waals surface area contributed by atoms with Gasteiger partial charge < -0.3 is 14.0 Å². The maximum absolute atomic E-state index is 14.3. The van der Waals surface area contributed by atoms with E-state index in [1.54, 1.807) is 32.5 Å². The summed E-state index contributed by atoms with van der Waals surface area (Å²) in [5.41, 5.74) is 4.62. The molecular weight excluding hydrogens is 512 g/mol. The predicted octanol–water partition coefficient (Wildman–Crippen LogP) is 5.60. The summed E-state index contributed by atoms with van der Waals surface area (Å²) in [5, 5.41) is 1.66. The van der Waals surface area contributed by atoms with Crippen molar-refractivity contribution in [2.24, 2.45) is 7.05 Å². The van der Waals surface area contributed by atoms with Crippen LogP contribution in [0.25, 0.3) is 33.2 Å². The summed E-state index contributed by atoms with van der Waals surface area (Å²) < 4.78 is 43.1. The van der Waals surface area contributed by atoms with Gasteiger partial charge in [-0.3, -0.25) is 4.90 Å². The number of ether oxygens (including phenoxy) is 2. The molecular formula is C30H34N4O4S. The maximum atomic E-state index is 14.3. The van der Waals surface area contributed by atoms with Gasteiger partial charge >= 0.3 is 0 Å². The summed E-state index contributed by atoms with van der Waals surface area (Å²) in [4.78, 5) is 7.13. The Morgan fingerprint density at radius 1 is 0.923 bits per heavy atom. The van der Waals surface area contributed by atoms with Crippen molar-refractivity contribution in [1.29, 1.82) is 0 Å². The van der Waals surface area contributed by atoms with Crippen LogP contribution in [0, 0.1) is 6.92 Å². The maximum Gasteiger partial charge on any atom is 0.269 e. The molecule has 0 aliphatic rings. The lowest BCUT2D eigenvalue weighted by atomic mass is 10.1. The number of pyridine rings is 1. The second-order valence-corrected chi connectivity index (χ2v) is 11.4. The van der Waals surface area contributed by atoms with Gasteiger partial charge in [0.15, 0.2) is 17.1 Å². The molecule has 8 nitrogen and oxygen atoms in total. The first-order chi connectivity index (χ1) is 18.7. The fourth-order valence-electron chi connectivity index (χ4n) is 5.11. The van der Waals surface area contributed by atoms with Crippen molar-refractivity contribution in [2.75, 3.05) is 27.3 Å². The minimum absolute atomic E-state index is 0.210. The predicted molar refractivity (Wildman–Crippen MR) is 155 cm³/mol. The topological polar surface area (TPSA) is 78.6 Å². The van der Waals surface area contributed by atoms with E-state index in [1.807, 2.05) is 61.1 Å². The van der Waals surface area contributed by atoms with Crippen LogP contribution in [0.3, 0.4) is 0 Å². The molecule has 39 heavy (non-hydrogen) atoms. The highest BCUT2D eigenvalue weighted by atomic mass is 32.2. The molecule has 5 aromatic rings. The summed E-state index contributed by atoms with van der Waals surface area (Å²) in [6.07, 6.45) is 3.64. The summed E-state index contributed by atoms with van der Waals surface area (Å²) in [6, 6.07) is 14.7. The number of rotatable bonds is 9. The lowest BCUT2D eigenvalue weighted by Gasteiger charge is -2.18. The molecule has 0 amide bonds. The Kier molecular flexibility index (Phi) is 7.13. The fraction of sp³-hybridized carbons (Fsp3) is 0.300. The molecule has 3 heterocycles. The third kappa shape index (κ3) is 4.55. The van der Waals surface area contributed by atoms with Gasteiger partial charge in [-0.25, -0.2) is 17.4 Å². The number of benzene rings is 2. The van der Waals surface area contributed by atoms with Gasteiger partial charge in [-0.2, -0.15) is 0 Å². The first-order valence-corrected chi connectivity index (χ1v) is 14.4. The van der Waals surface area contributed by atoms with Crippen molar-refractivity contribution in [3.63, 3.8) is 0 Å². The summed E-state index contributed by atoms with van der Waals surface area (Å²) >= 11 is 0. The first kappa shape index (κ1) is 26.8. The van der Waals surface area contributed by atoms with E-state index in [4.69, 9.17) is 9.47 Å². The number of fused-ring (bicyclic) bond motifs is 2. The summed E-state index contributed by atoms with van der Waals surface area (Å²) in [7, 11) is 1.14. The molecule has 0 saturated heterocycles. The highest BCUT2D eigenvalue weighted by Crippen LogP contribution is 2.41. The highest BCUT2D eigenvalue weighted by Gasteiger charge is 2.28. The zero-order valence-electron chi connectivity index (χ0n) is 23.2.